The first-order valence-electron chi connectivity index (χ1n) is 3.95. The Morgan fingerprint density at radius 2 is 1.77 bits per heavy atom. The van der Waals surface area contributed by atoms with Crippen molar-refractivity contribution in [1.82, 2.24) is 0 Å². The van der Waals surface area contributed by atoms with E-state index in [-0.39, 0.29) is 0 Å². The minimum atomic E-state index is -1.36. The second-order valence-corrected chi connectivity index (χ2v) is 2.93. The predicted octanol–water partition coefficient (Wildman–Crippen LogP) is -2.57. The van der Waals surface area contributed by atoms with Gasteiger partial charge in [-0.15, -0.1) is 0 Å². The summed E-state index contributed by atoms with van der Waals surface area (Å²) in [5.74, 6) is 0. The van der Waals surface area contributed by atoms with Crippen LogP contribution in [0, 0.1) is 0 Å². The van der Waals surface area contributed by atoms with Crippen LogP contribution in [0.15, 0.2) is 0 Å². The van der Waals surface area contributed by atoms with Crippen molar-refractivity contribution in [2.75, 3.05) is 13.7 Å². The van der Waals surface area contributed by atoms with Crippen molar-refractivity contribution >= 4 is 0 Å². The third kappa shape index (κ3) is 1.98. The van der Waals surface area contributed by atoms with Crippen molar-refractivity contribution < 1.29 is 29.9 Å². The monoisotopic (exact) mass is 194 g/mol. The molecule has 4 N–H and O–H groups in total. The lowest BCUT2D eigenvalue weighted by Crippen LogP contribution is -2.58. The lowest BCUT2D eigenvalue weighted by molar-refractivity contribution is -0.294. The molecule has 13 heavy (non-hydrogen) atoms. The highest BCUT2D eigenvalue weighted by atomic mass is 16.7. The van der Waals surface area contributed by atoms with Crippen molar-refractivity contribution in [2.24, 2.45) is 0 Å². The van der Waals surface area contributed by atoms with Gasteiger partial charge in [0.15, 0.2) is 6.29 Å². The molecule has 1 rings (SSSR count). The van der Waals surface area contributed by atoms with Crippen molar-refractivity contribution in [3.8, 4) is 0 Å². The topological polar surface area (TPSA) is 99.4 Å². The van der Waals surface area contributed by atoms with Gasteiger partial charge in [-0.1, -0.05) is 0 Å². The fourth-order valence-corrected chi connectivity index (χ4v) is 1.26. The number of hydrogen-bond acceptors (Lipinski definition) is 6. The van der Waals surface area contributed by atoms with Gasteiger partial charge in [0.25, 0.3) is 0 Å². The Morgan fingerprint density at radius 1 is 1.15 bits per heavy atom. The zero-order valence-corrected chi connectivity index (χ0v) is 7.20. The van der Waals surface area contributed by atoms with Gasteiger partial charge in [0.2, 0.25) is 0 Å². The van der Waals surface area contributed by atoms with E-state index in [1.165, 1.54) is 7.11 Å². The van der Waals surface area contributed by atoms with Crippen LogP contribution < -0.4 is 0 Å². The van der Waals surface area contributed by atoms with Crippen LogP contribution in [0.4, 0.5) is 0 Å². The molecule has 5 atom stereocenters. The molecule has 0 aromatic carbocycles. The number of methoxy groups -OCH3 is 1. The molecule has 0 bridgehead atoms. The smallest absolute Gasteiger partial charge is 0.186 e. The van der Waals surface area contributed by atoms with Crippen LogP contribution in [0.3, 0.4) is 0 Å². The largest absolute Gasteiger partial charge is 0.394 e. The second-order valence-electron chi connectivity index (χ2n) is 2.93. The maximum Gasteiger partial charge on any atom is 0.186 e. The molecule has 1 aliphatic rings. The molecule has 0 aromatic heterocycles. The van der Waals surface area contributed by atoms with E-state index in [4.69, 9.17) is 14.6 Å². The van der Waals surface area contributed by atoms with E-state index in [2.05, 4.69) is 0 Å². The normalized spacial score (nSPS) is 46.4. The summed E-state index contributed by atoms with van der Waals surface area (Å²) in [7, 11) is 1.30. The van der Waals surface area contributed by atoms with Crippen molar-refractivity contribution in [1.29, 1.82) is 0 Å². The van der Waals surface area contributed by atoms with E-state index in [0.717, 1.165) is 0 Å². The van der Waals surface area contributed by atoms with Gasteiger partial charge in [-0.25, -0.2) is 0 Å². The van der Waals surface area contributed by atoms with Gasteiger partial charge in [-0.05, 0) is 0 Å². The molecule has 1 aliphatic heterocycles. The maximum absolute atomic E-state index is 9.28. The molecule has 0 radical (unpaired) electrons. The lowest BCUT2D eigenvalue weighted by Gasteiger charge is -2.38. The Balaban J connectivity index is 2.66. The van der Waals surface area contributed by atoms with E-state index in [1.54, 1.807) is 0 Å². The number of aliphatic hydroxyl groups is 4. The first-order valence-corrected chi connectivity index (χ1v) is 3.95. The van der Waals surface area contributed by atoms with Crippen LogP contribution >= 0.6 is 0 Å². The minimum Gasteiger partial charge on any atom is -0.394 e. The Labute approximate surface area is 75.3 Å². The number of rotatable bonds is 2. The fourth-order valence-electron chi connectivity index (χ4n) is 1.26. The molecule has 1 fully saturated rings. The molecule has 0 aromatic rings. The maximum atomic E-state index is 9.28. The number of hydrogen-bond donors (Lipinski definition) is 4. The Bertz CT molecular complexity index is 143. The average molecular weight is 194 g/mol. The van der Waals surface area contributed by atoms with Gasteiger partial charge in [0, 0.05) is 7.11 Å². The van der Waals surface area contributed by atoms with Gasteiger partial charge in [0.05, 0.1) is 6.61 Å². The van der Waals surface area contributed by atoms with Gasteiger partial charge < -0.3 is 29.9 Å². The fraction of sp³-hybridized carbons (Fsp3) is 1.00. The van der Waals surface area contributed by atoms with Crippen LogP contribution in [-0.4, -0.2) is 64.8 Å². The molecule has 6 nitrogen and oxygen atoms in total. The zero-order valence-electron chi connectivity index (χ0n) is 7.20. The molecule has 0 unspecified atom stereocenters. The van der Waals surface area contributed by atoms with E-state index < -0.39 is 37.3 Å². The highest BCUT2D eigenvalue weighted by molar-refractivity contribution is 4.88. The summed E-state index contributed by atoms with van der Waals surface area (Å²) in [4.78, 5) is 0. The third-order valence-corrected chi connectivity index (χ3v) is 2.08. The quantitative estimate of drug-likeness (QED) is 0.386. The summed E-state index contributed by atoms with van der Waals surface area (Å²) in [6, 6.07) is 0. The molecule has 6 heteroatoms. The molecule has 0 spiro atoms. The Hall–Kier alpha value is -0.240. The molecular weight excluding hydrogens is 180 g/mol. The summed E-state index contributed by atoms with van der Waals surface area (Å²) in [6.07, 6.45) is -5.91. The highest BCUT2D eigenvalue weighted by Gasteiger charge is 2.43. The van der Waals surface area contributed by atoms with Crippen LogP contribution in [0.25, 0.3) is 0 Å². The first-order chi connectivity index (χ1) is 6.11. The first kappa shape index (κ1) is 10.8. The summed E-state index contributed by atoms with van der Waals surface area (Å²) in [5.41, 5.74) is 0. The van der Waals surface area contributed by atoms with Crippen LogP contribution in [-0.2, 0) is 9.47 Å². The molecular formula is C7H14O6. The molecule has 0 aliphatic carbocycles. The predicted molar refractivity (Wildman–Crippen MR) is 40.8 cm³/mol. The summed E-state index contributed by atoms with van der Waals surface area (Å²) in [5, 5.41) is 36.6. The van der Waals surface area contributed by atoms with Gasteiger partial charge >= 0.3 is 0 Å². The summed E-state index contributed by atoms with van der Waals surface area (Å²) < 4.78 is 9.65. The van der Waals surface area contributed by atoms with E-state index in [0.29, 0.717) is 0 Å². The van der Waals surface area contributed by atoms with Crippen LogP contribution in [0.1, 0.15) is 0 Å². The SMILES string of the molecule is CO[C@@H]1O[C@@H](CO)[C@H](O)[C@H](O)[C@@H]1O. The molecule has 78 valence electrons. The number of aliphatic hydroxyl groups excluding tert-OH is 4. The van der Waals surface area contributed by atoms with Crippen LogP contribution in [0.2, 0.25) is 0 Å². The van der Waals surface area contributed by atoms with Gasteiger partial charge in [0.1, 0.15) is 24.4 Å². The van der Waals surface area contributed by atoms with E-state index in [9.17, 15) is 15.3 Å². The van der Waals surface area contributed by atoms with Crippen molar-refractivity contribution in [3.63, 3.8) is 0 Å². The van der Waals surface area contributed by atoms with E-state index in [1.807, 2.05) is 0 Å². The van der Waals surface area contributed by atoms with Gasteiger partial charge in [-0.2, -0.15) is 0 Å². The minimum absolute atomic E-state index is 0.440. The third-order valence-electron chi connectivity index (χ3n) is 2.08. The van der Waals surface area contributed by atoms with Gasteiger partial charge in [-0.3, -0.25) is 0 Å². The number of ether oxygens (including phenoxy) is 2. The lowest BCUT2D eigenvalue weighted by atomic mass is 9.99. The molecule has 1 saturated heterocycles. The molecule has 1 heterocycles. The average Bonchev–Trinajstić information content (AvgIpc) is 2.15. The van der Waals surface area contributed by atoms with Crippen molar-refractivity contribution in [3.05, 3.63) is 0 Å². The Kier molecular flexibility index (Phi) is 3.60. The van der Waals surface area contributed by atoms with Crippen LogP contribution in [0.5, 0.6) is 0 Å². The van der Waals surface area contributed by atoms with E-state index >= 15 is 0 Å². The van der Waals surface area contributed by atoms with Crippen molar-refractivity contribution in [2.45, 2.75) is 30.7 Å². The zero-order chi connectivity index (χ0) is 10.0. The highest BCUT2D eigenvalue weighted by Crippen LogP contribution is 2.20. The second kappa shape index (κ2) is 4.32. The molecule has 0 saturated carbocycles. The summed E-state index contributed by atoms with van der Waals surface area (Å²) in [6.45, 7) is -0.440. The molecule has 0 amide bonds. The Morgan fingerprint density at radius 3 is 2.23 bits per heavy atom. The standard InChI is InChI=1S/C7H14O6/c1-12-7-6(11)5(10)4(9)3(2-8)13-7/h3-11H,2H2,1H3/t3-,4-,5-,6-,7+/m0/s1. The summed E-state index contributed by atoms with van der Waals surface area (Å²) >= 11 is 0.